The molecule has 0 bridgehead atoms. The molecule has 1 aromatic heterocycles. The number of aliphatic carboxylic acids is 1. The van der Waals surface area contributed by atoms with E-state index in [1.165, 1.54) is 42.5 Å². The van der Waals surface area contributed by atoms with Gasteiger partial charge in [-0.3, -0.25) is 4.90 Å². The van der Waals surface area contributed by atoms with Crippen LogP contribution in [0.1, 0.15) is 30.8 Å². The number of carbonyl (C=O) groups is 1. The van der Waals surface area contributed by atoms with Gasteiger partial charge in [0.15, 0.2) is 5.60 Å². The zero-order chi connectivity index (χ0) is 32.2. The first-order valence-electron chi connectivity index (χ1n) is 14.3. The second-order valence-electron chi connectivity index (χ2n) is 11.1. The third-order valence-corrected chi connectivity index (χ3v) is 8.48. The molecule has 0 unspecified atom stereocenters. The number of carboxylic acids is 1. The molecule has 2 heterocycles. The molecule has 1 aliphatic heterocycles. The lowest BCUT2D eigenvalue weighted by atomic mass is 10.1. The molecular weight excluding hydrogens is 607 g/mol. The van der Waals surface area contributed by atoms with Gasteiger partial charge in [0.05, 0.1) is 24.1 Å². The summed E-state index contributed by atoms with van der Waals surface area (Å²) in [5, 5.41) is 18.7. The van der Waals surface area contributed by atoms with E-state index in [2.05, 4.69) is 14.9 Å². The highest BCUT2D eigenvalue weighted by Gasteiger charge is 2.31. The lowest BCUT2D eigenvalue weighted by Gasteiger charge is -2.35. The third kappa shape index (κ3) is 8.08. The van der Waals surface area contributed by atoms with Crippen LogP contribution >= 0.6 is 11.8 Å². The van der Waals surface area contributed by atoms with E-state index in [-0.39, 0.29) is 0 Å². The molecule has 1 N–H and O–H groups in total. The van der Waals surface area contributed by atoms with Gasteiger partial charge in [0.2, 0.25) is 0 Å². The maximum Gasteiger partial charge on any atom is 0.416 e. The van der Waals surface area contributed by atoms with Crippen molar-refractivity contribution in [3.8, 4) is 17.2 Å². The third-order valence-electron chi connectivity index (χ3n) is 7.46. The summed E-state index contributed by atoms with van der Waals surface area (Å²) in [7, 11) is 1.64. The van der Waals surface area contributed by atoms with Crippen molar-refractivity contribution in [1.82, 2.24) is 19.9 Å². The number of thioether (sulfide) groups is 1. The Kier molecular flexibility index (Phi) is 9.59. The van der Waals surface area contributed by atoms with Crippen molar-refractivity contribution in [2.45, 2.75) is 42.8 Å². The minimum atomic E-state index is -4.43. The monoisotopic (exact) mass is 641 g/mol. The number of hydrogen-bond acceptors (Lipinski definition) is 8. The molecule has 9 nitrogen and oxygen atoms in total. The molecule has 1 aliphatic rings. The van der Waals surface area contributed by atoms with Crippen LogP contribution in [0.4, 0.5) is 18.9 Å². The SMILES string of the molecule is COc1ccc(N2CCN(Cc3nn(-c4ccc(C(F)(F)F)cc4)nc3CSc3ccc(OC(C)(C)C(=O)O)cc3)CC2)cc1. The Labute approximate surface area is 263 Å². The van der Waals surface area contributed by atoms with Crippen LogP contribution in [-0.4, -0.2) is 69.9 Å². The van der Waals surface area contributed by atoms with Crippen LogP contribution in [-0.2, 0) is 23.3 Å². The first-order valence-corrected chi connectivity index (χ1v) is 15.3. The Hall–Kier alpha value is -4.23. The minimum absolute atomic E-state index is 0.437. The van der Waals surface area contributed by atoms with Gasteiger partial charge in [0, 0.05) is 49.1 Å². The average Bonchev–Trinajstić information content (AvgIpc) is 3.43. The number of anilines is 1. The van der Waals surface area contributed by atoms with Gasteiger partial charge in [0.25, 0.3) is 0 Å². The second kappa shape index (κ2) is 13.4. The number of carboxylic acid groups (broad SMARTS) is 1. The van der Waals surface area contributed by atoms with E-state index in [1.807, 2.05) is 36.4 Å². The average molecular weight is 642 g/mol. The summed E-state index contributed by atoms with van der Waals surface area (Å²) in [4.78, 5) is 18.3. The maximum absolute atomic E-state index is 13.1. The predicted molar refractivity (Wildman–Crippen MR) is 165 cm³/mol. The van der Waals surface area contributed by atoms with Gasteiger partial charge >= 0.3 is 12.1 Å². The molecule has 0 amide bonds. The molecule has 1 saturated heterocycles. The van der Waals surface area contributed by atoms with Crippen molar-refractivity contribution >= 4 is 23.4 Å². The van der Waals surface area contributed by atoms with Gasteiger partial charge in [-0.05, 0) is 86.6 Å². The topological polar surface area (TPSA) is 93.0 Å². The molecule has 4 aromatic rings. The number of benzene rings is 3. The van der Waals surface area contributed by atoms with Gasteiger partial charge in [-0.2, -0.15) is 28.2 Å². The highest BCUT2D eigenvalue weighted by Crippen LogP contribution is 2.31. The van der Waals surface area contributed by atoms with Gasteiger partial charge in [-0.1, -0.05) is 0 Å². The first kappa shape index (κ1) is 32.2. The minimum Gasteiger partial charge on any atom is -0.497 e. The van der Waals surface area contributed by atoms with Gasteiger partial charge < -0.3 is 19.5 Å². The van der Waals surface area contributed by atoms with E-state index in [1.54, 1.807) is 19.2 Å². The number of nitrogens with zero attached hydrogens (tertiary/aromatic N) is 5. The van der Waals surface area contributed by atoms with Gasteiger partial charge in [-0.15, -0.1) is 11.8 Å². The van der Waals surface area contributed by atoms with E-state index in [9.17, 15) is 23.1 Å². The molecule has 0 spiro atoms. The van der Waals surface area contributed by atoms with Crippen LogP contribution in [0.2, 0.25) is 0 Å². The van der Waals surface area contributed by atoms with Crippen LogP contribution in [0, 0.1) is 0 Å². The van der Waals surface area contributed by atoms with Crippen LogP contribution < -0.4 is 14.4 Å². The van der Waals surface area contributed by atoms with Crippen LogP contribution in [0.25, 0.3) is 5.69 Å². The lowest BCUT2D eigenvalue weighted by Crippen LogP contribution is -2.46. The van der Waals surface area contributed by atoms with E-state index in [0.29, 0.717) is 23.7 Å². The number of ether oxygens (including phenoxy) is 2. The van der Waals surface area contributed by atoms with E-state index in [0.717, 1.165) is 66.0 Å². The largest absolute Gasteiger partial charge is 0.497 e. The van der Waals surface area contributed by atoms with Crippen molar-refractivity contribution in [1.29, 1.82) is 0 Å². The number of piperazine rings is 1. The van der Waals surface area contributed by atoms with E-state index >= 15 is 0 Å². The Morgan fingerprint density at radius 1 is 0.844 bits per heavy atom. The quantitative estimate of drug-likeness (QED) is 0.194. The molecule has 1 fully saturated rings. The summed E-state index contributed by atoms with van der Waals surface area (Å²) in [6.07, 6.45) is -4.43. The smallest absolute Gasteiger partial charge is 0.416 e. The first-order chi connectivity index (χ1) is 21.4. The van der Waals surface area contributed by atoms with Crippen molar-refractivity contribution in [3.63, 3.8) is 0 Å². The van der Waals surface area contributed by atoms with Crippen molar-refractivity contribution < 1.29 is 32.5 Å². The molecule has 0 saturated carbocycles. The normalized spacial score (nSPS) is 14.4. The zero-order valence-electron chi connectivity index (χ0n) is 25.1. The maximum atomic E-state index is 13.1. The summed E-state index contributed by atoms with van der Waals surface area (Å²) < 4.78 is 50.3. The fourth-order valence-electron chi connectivity index (χ4n) is 4.76. The predicted octanol–water partition coefficient (Wildman–Crippen LogP) is 6.15. The Balaban J connectivity index is 1.29. The van der Waals surface area contributed by atoms with Gasteiger partial charge in [-0.25, -0.2) is 4.79 Å². The molecule has 3 aromatic carbocycles. The highest BCUT2D eigenvalue weighted by atomic mass is 32.2. The molecule has 0 atom stereocenters. The van der Waals surface area contributed by atoms with Crippen molar-refractivity contribution in [2.75, 3.05) is 38.2 Å². The summed E-state index contributed by atoms with van der Waals surface area (Å²) in [6, 6.07) is 19.9. The zero-order valence-corrected chi connectivity index (χ0v) is 25.9. The Morgan fingerprint density at radius 2 is 1.42 bits per heavy atom. The molecule has 13 heteroatoms. The highest BCUT2D eigenvalue weighted by molar-refractivity contribution is 7.98. The van der Waals surface area contributed by atoms with Crippen LogP contribution in [0.5, 0.6) is 11.5 Å². The Bertz CT molecular complexity index is 1590. The van der Waals surface area contributed by atoms with E-state index in [4.69, 9.17) is 14.6 Å². The van der Waals surface area contributed by atoms with Gasteiger partial charge in [0.1, 0.15) is 17.2 Å². The van der Waals surface area contributed by atoms with Crippen molar-refractivity contribution in [3.05, 3.63) is 89.7 Å². The van der Waals surface area contributed by atoms with E-state index < -0.39 is 23.3 Å². The van der Waals surface area contributed by atoms with Crippen LogP contribution in [0.15, 0.2) is 77.7 Å². The number of halogens is 3. The molecule has 5 rings (SSSR count). The molecule has 0 radical (unpaired) electrons. The fraction of sp³-hybridized carbons (Fsp3) is 0.344. The standard InChI is InChI=1S/C32H34F3N5O4S/c1-31(2,30(41)42)44-26-12-14-27(15-13-26)45-21-29-28(36-40(37-29)24-6-4-22(5-7-24)32(33,34)35)20-38-16-18-39(19-17-38)23-8-10-25(43-3)11-9-23/h4-15H,16-21H2,1-3H3,(H,41,42). The molecule has 0 aliphatic carbocycles. The number of methoxy groups -OCH3 is 1. The fourth-order valence-corrected chi connectivity index (χ4v) is 5.62. The lowest BCUT2D eigenvalue weighted by molar-refractivity contribution is -0.152. The summed E-state index contributed by atoms with van der Waals surface area (Å²) >= 11 is 1.52. The molecule has 238 valence electrons. The summed E-state index contributed by atoms with van der Waals surface area (Å²) in [5.41, 5.74) is 0.952. The van der Waals surface area contributed by atoms with Crippen LogP contribution in [0.3, 0.4) is 0 Å². The molecular formula is C32H34F3N5O4S. The van der Waals surface area contributed by atoms with Crippen molar-refractivity contribution in [2.24, 2.45) is 0 Å². The number of aromatic nitrogens is 3. The number of rotatable bonds is 11. The number of alkyl halides is 3. The Morgan fingerprint density at radius 3 is 2.00 bits per heavy atom. The molecule has 45 heavy (non-hydrogen) atoms. The second-order valence-corrected chi connectivity index (χ2v) is 12.1. The summed E-state index contributed by atoms with van der Waals surface area (Å²) in [6.45, 7) is 6.79. The summed E-state index contributed by atoms with van der Waals surface area (Å²) in [5.74, 6) is 0.661. The number of hydrogen-bond donors (Lipinski definition) is 1.